The summed E-state index contributed by atoms with van der Waals surface area (Å²) in [5.41, 5.74) is 1.24. The smallest absolute Gasteiger partial charge is 0.317 e. The molecule has 0 radical (unpaired) electrons. The molecule has 0 bridgehead atoms. The van der Waals surface area contributed by atoms with Crippen molar-refractivity contribution < 1.29 is 14.3 Å². The molecule has 0 unspecified atom stereocenters. The summed E-state index contributed by atoms with van der Waals surface area (Å²) in [6, 6.07) is 8.53. The number of benzene rings is 1. The minimum absolute atomic E-state index is 0.0799. The first kappa shape index (κ1) is 18.0. The van der Waals surface area contributed by atoms with Gasteiger partial charge in [-0.2, -0.15) is 0 Å². The van der Waals surface area contributed by atoms with Crippen LogP contribution in [0.15, 0.2) is 24.3 Å². The second kappa shape index (κ2) is 9.06. The monoisotopic (exact) mass is 347 g/mol. The van der Waals surface area contributed by atoms with E-state index in [1.807, 2.05) is 17.0 Å². The van der Waals surface area contributed by atoms with Crippen molar-refractivity contribution in [1.82, 2.24) is 15.1 Å². The van der Waals surface area contributed by atoms with Gasteiger partial charge in [-0.15, -0.1) is 0 Å². The molecule has 1 aromatic rings. The van der Waals surface area contributed by atoms with E-state index in [2.05, 4.69) is 22.3 Å². The van der Waals surface area contributed by atoms with Crippen LogP contribution in [0.3, 0.4) is 0 Å². The molecule has 2 aliphatic rings. The molecule has 0 spiro atoms. The normalized spacial score (nSPS) is 19.6. The summed E-state index contributed by atoms with van der Waals surface area (Å²) < 4.78 is 10.8. The number of ether oxygens (including phenoxy) is 2. The molecule has 0 aliphatic carbocycles. The number of hydrogen-bond donors (Lipinski definition) is 1. The first-order valence-electron chi connectivity index (χ1n) is 9.23. The SMILES string of the molecule is COc1ccccc1CCN1CCN(C(=O)NC2CCOCC2)CC1. The van der Waals surface area contributed by atoms with Gasteiger partial charge in [0, 0.05) is 52.0 Å². The number of amides is 2. The van der Waals surface area contributed by atoms with Crippen molar-refractivity contribution in [2.45, 2.75) is 25.3 Å². The zero-order chi connectivity index (χ0) is 17.5. The van der Waals surface area contributed by atoms with Crippen molar-refractivity contribution in [3.8, 4) is 5.75 Å². The van der Waals surface area contributed by atoms with Gasteiger partial charge < -0.3 is 19.7 Å². The number of urea groups is 1. The fourth-order valence-electron chi connectivity index (χ4n) is 3.47. The Balaban J connectivity index is 1.40. The average Bonchev–Trinajstić information content (AvgIpc) is 2.67. The third-order valence-corrected chi connectivity index (χ3v) is 5.10. The lowest BCUT2D eigenvalue weighted by Gasteiger charge is -2.36. The van der Waals surface area contributed by atoms with E-state index in [9.17, 15) is 4.79 Å². The van der Waals surface area contributed by atoms with E-state index in [0.29, 0.717) is 0 Å². The summed E-state index contributed by atoms with van der Waals surface area (Å²) in [7, 11) is 1.72. The lowest BCUT2D eigenvalue weighted by Crippen LogP contribution is -2.54. The molecule has 0 atom stereocenters. The first-order chi connectivity index (χ1) is 12.3. The highest BCUT2D eigenvalue weighted by Gasteiger charge is 2.23. The van der Waals surface area contributed by atoms with Gasteiger partial charge in [-0.1, -0.05) is 18.2 Å². The number of nitrogens with zero attached hydrogens (tertiary/aromatic N) is 2. The van der Waals surface area contributed by atoms with Crippen molar-refractivity contribution in [2.75, 3.05) is 53.0 Å². The molecule has 2 heterocycles. The van der Waals surface area contributed by atoms with E-state index >= 15 is 0 Å². The molecule has 0 aromatic heterocycles. The van der Waals surface area contributed by atoms with Gasteiger partial charge in [0.25, 0.3) is 0 Å². The highest BCUT2D eigenvalue weighted by atomic mass is 16.5. The molecule has 1 aromatic carbocycles. The third-order valence-electron chi connectivity index (χ3n) is 5.10. The number of para-hydroxylation sites is 1. The largest absolute Gasteiger partial charge is 0.496 e. The predicted octanol–water partition coefficient (Wildman–Crippen LogP) is 1.74. The summed E-state index contributed by atoms with van der Waals surface area (Å²) in [6.45, 7) is 5.94. The number of carbonyl (C=O) groups is 1. The maximum atomic E-state index is 12.4. The predicted molar refractivity (Wildman–Crippen MR) is 97.1 cm³/mol. The minimum Gasteiger partial charge on any atom is -0.496 e. The summed E-state index contributed by atoms with van der Waals surface area (Å²) in [4.78, 5) is 16.7. The molecule has 6 heteroatoms. The molecule has 0 saturated carbocycles. The number of rotatable bonds is 5. The van der Waals surface area contributed by atoms with Crippen LogP contribution in [0.2, 0.25) is 0 Å². The Morgan fingerprint density at radius 3 is 2.64 bits per heavy atom. The second-order valence-electron chi connectivity index (χ2n) is 6.73. The number of nitrogens with one attached hydrogen (secondary N) is 1. The molecule has 2 saturated heterocycles. The number of methoxy groups -OCH3 is 1. The molecule has 2 amide bonds. The van der Waals surface area contributed by atoms with Crippen LogP contribution in [0.4, 0.5) is 4.79 Å². The van der Waals surface area contributed by atoms with E-state index in [-0.39, 0.29) is 12.1 Å². The fraction of sp³-hybridized carbons (Fsp3) is 0.632. The molecule has 2 fully saturated rings. The van der Waals surface area contributed by atoms with Gasteiger partial charge in [0.1, 0.15) is 5.75 Å². The topological polar surface area (TPSA) is 54.0 Å². The van der Waals surface area contributed by atoms with Gasteiger partial charge in [-0.05, 0) is 30.9 Å². The Hall–Kier alpha value is -1.79. The first-order valence-corrected chi connectivity index (χ1v) is 9.23. The highest BCUT2D eigenvalue weighted by molar-refractivity contribution is 5.74. The van der Waals surface area contributed by atoms with Crippen molar-refractivity contribution in [3.63, 3.8) is 0 Å². The molecular formula is C19H29N3O3. The van der Waals surface area contributed by atoms with E-state index in [1.54, 1.807) is 7.11 Å². The van der Waals surface area contributed by atoms with Crippen molar-refractivity contribution in [3.05, 3.63) is 29.8 Å². The van der Waals surface area contributed by atoms with Crippen LogP contribution in [0.5, 0.6) is 5.75 Å². The quantitative estimate of drug-likeness (QED) is 0.882. The van der Waals surface area contributed by atoms with Gasteiger partial charge in [0.05, 0.1) is 7.11 Å². The van der Waals surface area contributed by atoms with Crippen LogP contribution in [-0.2, 0) is 11.2 Å². The zero-order valence-electron chi connectivity index (χ0n) is 15.1. The van der Waals surface area contributed by atoms with Gasteiger partial charge in [0.2, 0.25) is 0 Å². The molecular weight excluding hydrogens is 318 g/mol. The van der Waals surface area contributed by atoms with Crippen LogP contribution >= 0.6 is 0 Å². The van der Waals surface area contributed by atoms with Crippen LogP contribution in [0.1, 0.15) is 18.4 Å². The Bertz CT molecular complexity index is 553. The van der Waals surface area contributed by atoms with E-state index in [4.69, 9.17) is 9.47 Å². The van der Waals surface area contributed by atoms with E-state index < -0.39 is 0 Å². The van der Waals surface area contributed by atoms with Crippen LogP contribution in [-0.4, -0.2) is 74.9 Å². The molecule has 25 heavy (non-hydrogen) atoms. The lowest BCUT2D eigenvalue weighted by atomic mass is 10.1. The van der Waals surface area contributed by atoms with Crippen molar-refractivity contribution in [2.24, 2.45) is 0 Å². The highest BCUT2D eigenvalue weighted by Crippen LogP contribution is 2.18. The van der Waals surface area contributed by atoms with Crippen LogP contribution in [0.25, 0.3) is 0 Å². The maximum absolute atomic E-state index is 12.4. The summed E-state index contributed by atoms with van der Waals surface area (Å²) in [5.74, 6) is 0.956. The van der Waals surface area contributed by atoms with Crippen molar-refractivity contribution >= 4 is 6.03 Å². The van der Waals surface area contributed by atoms with Gasteiger partial charge in [0.15, 0.2) is 0 Å². The maximum Gasteiger partial charge on any atom is 0.317 e. The third kappa shape index (κ3) is 5.09. The Morgan fingerprint density at radius 1 is 1.20 bits per heavy atom. The zero-order valence-corrected chi connectivity index (χ0v) is 15.1. The molecule has 3 rings (SSSR count). The Labute approximate surface area is 150 Å². The number of hydrogen-bond acceptors (Lipinski definition) is 4. The standard InChI is InChI=1S/C19H29N3O3/c1-24-18-5-3-2-4-16(18)6-9-21-10-12-22(13-11-21)19(23)20-17-7-14-25-15-8-17/h2-5,17H,6-15H2,1H3,(H,20,23). The molecule has 6 nitrogen and oxygen atoms in total. The molecule has 2 aliphatic heterocycles. The number of carbonyl (C=O) groups excluding carboxylic acids is 1. The summed E-state index contributed by atoms with van der Waals surface area (Å²) >= 11 is 0. The molecule has 138 valence electrons. The van der Waals surface area contributed by atoms with E-state index in [1.165, 1.54) is 5.56 Å². The lowest BCUT2D eigenvalue weighted by molar-refractivity contribution is 0.0761. The second-order valence-corrected chi connectivity index (χ2v) is 6.73. The van der Waals surface area contributed by atoms with E-state index in [0.717, 1.165) is 70.9 Å². The van der Waals surface area contributed by atoms with Crippen molar-refractivity contribution in [1.29, 1.82) is 0 Å². The van der Waals surface area contributed by atoms with Crippen LogP contribution in [0, 0.1) is 0 Å². The Kier molecular flexibility index (Phi) is 6.53. The average molecular weight is 347 g/mol. The Morgan fingerprint density at radius 2 is 1.92 bits per heavy atom. The minimum atomic E-state index is 0.0799. The number of piperazine rings is 1. The fourth-order valence-corrected chi connectivity index (χ4v) is 3.47. The summed E-state index contributed by atoms with van der Waals surface area (Å²) in [5, 5.41) is 3.15. The summed E-state index contributed by atoms with van der Waals surface area (Å²) in [6.07, 6.45) is 2.81. The van der Waals surface area contributed by atoms with Crippen LogP contribution < -0.4 is 10.1 Å². The van der Waals surface area contributed by atoms with Gasteiger partial charge in [-0.3, -0.25) is 4.90 Å². The van der Waals surface area contributed by atoms with Gasteiger partial charge in [-0.25, -0.2) is 4.79 Å². The molecule has 1 N–H and O–H groups in total. The van der Waals surface area contributed by atoms with Gasteiger partial charge >= 0.3 is 6.03 Å².